The van der Waals surface area contributed by atoms with Gasteiger partial charge in [-0.15, -0.1) is 12.4 Å². The van der Waals surface area contributed by atoms with Crippen LogP contribution in [0.5, 0.6) is 0 Å². The van der Waals surface area contributed by atoms with Crippen molar-refractivity contribution < 1.29 is 9.84 Å². The Balaban J connectivity index is 0.000000810. The lowest BCUT2D eigenvalue weighted by molar-refractivity contribution is 0.0225. The standard InChI is InChI=1S/C6H13NO2.ClH/c1-9-6-2-5(8)3-7-4-6;/h5-8H,2-4H2,1H3;1H/t5-,6-;/m1./s1. The summed E-state index contributed by atoms with van der Waals surface area (Å²) in [5, 5.41) is 12.1. The predicted molar refractivity (Wildman–Crippen MR) is 41.5 cm³/mol. The Morgan fingerprint density at radius 3 is 2.60 bits per heavy atom. The summed E-state index contributed by atoms with van der Waals surface area (Å²) in [5.74, 6) is 0. The highest BCUT2D eigenvalue weighted by Gasteiger charge is 2.18. The third-order valence-corrected chi connectivity index (χ3v) is 1.62. The van der Waals surface area contributed by atoms with Gasteiger partial charge in [0.25, 0.3) is 0 Å². The molecule has 1 heterocycles. The number of halogens is 1. The first-order valence-corrected chi connectivity index (χ1v) is 3.24. The summed E-state index contributed by atoms with van der Waals surface area (Å²) in [6.45, 7) is 1.58. The lowest BCUT2D eigenvalue weighted by Gasteiger charge is -2.25. The highest BCUT2D eigenvalue weighted by atomic mass is 35.5. The molecule has 0 aromatic heterocycles. The van der Waals surface area contributed by atoms with Gasteiger partial charge in [-0.25, -0.2) is 0 Å². The molecule has 0 saturated carbocycles. The van der Waals surface area contributed by atoms with Crippen LogP contribution in [-0.4, -0.2) is 37.5 Å². The second-order valence-electron chi connectivity index (χ2n) is 2.41. The molecular formula is C6H14ClNO2. The van der Waals surface area contributed by atoms with Gasteiger partial charge in [0.2, 0.25) is 0 Å². The van der Waals surface area contributed by atoms with Gasteiger partial charge >= 0.3 is 0 Å². The number of nitrogens with one attached hydrogen (secondary N) is 1. The van der Waals surface area contributed by atoms with Crippen molar-refractivity contribution in [2.45, 2.75) is 18.6 Å². The number of hydrogen-bond donors (Lipinski definition) is 2. The summed E-state index contributed by atoms with van der Waals surface area (Å²) in [4.78, 5) is 0. The van der Waals surface area contributed by atoms with Gasteiger partial charge < -0.3 is 15.2 Å². The molecule has 2 atom stereocenters. The van der Waals surface area contributed by atoms with Gasteiger partial charge in [-0.2, -0.15) is 0 Å². The number of piperidine rings is 1. The molecule has 0 aliphatic carbocycles. The first-order chi connectivity index (χ1) is 4.33. The van der Waals surface area contributed by atoms with Gasteiger partial charge in [0.15, 0.2) is 0 Å². The summed E-state index contributed by atoms with van der Waals surface area (Å²) < 4.78 is 5.04. The second-order valence-corrected chi connectivity index (χ2v) is 2.41. The number of aliphatic hydroxyl groups is 1. The van der Waals surface area contributed by atoms with E-state index in [9.17, 15) is 0 Å². The Morgan fingerprint density at radius 2 is 2.20 bits per heavy atom. The van der Waals surface area contributed by atoms with Crippen molar-refractivity contribution in [3.8, 4) is 0 Å². The first-order valence-electron chi connectivity index (χ1n) is 3.24. The molecule has 0 radical (unpaired) electrons. The maximum atomic E-state index is 9.07. The lowest BCUT2D eigenvalue weighted by Crippen LogP contribution is -2.42. The summed E-state index contributed by atoms with van der Waals surface area (Å²) >= 11 is 0. The van der Waals surface area contributed by atoms with Crippen LogP contribution in [0, 0.1) is 0 Å². The number of methoxy groups -OCH3 is 1. The number of hydrogen-bond acceptors (Lipinski definition) is 3. The smallest absolute Gasteiger partial charge is 0.0720 e. The van der Waals surface area contributed by atoms with Crippen molar-refractivity contribution in [1.29, 1.82) is 0 Å². The lowest BCUT2D eigenvalue weighted by atomic mass is 10.1. The highest BCUT2D eigenvalue weighted by molar-refractivity contribution is 5.85. The Hall–Kier alpha value is 0.170. The van der Waals surface area contributed by atoms with E-state index in [1.165, 1.54) is 0 Å². The topological polar surface area (TPSA) is 41.5 Å². The zero-order valence-corrected chi connectivity index (χ0v) is 6.86. The Labute approximate surface area is 67.2 Å². The Kier molecular flexibility index (Phi) is 4.99. The van der Waals surface area contributed by atoms with Gasteiger partial charge in [0.05, 0.1) is 12.2 Å². The van der Waals surface area contributed by atoms with E-state index in [1.54, 1.807) is 7.11 Å². The van der Waals surface area contributed by atoms with Crippen LogP contribution in [0.4, 0.5) is 0 Å². The molecule has 10 heavy (non-hydrogen) atoms. The predicted octanol–water partition coefficient (Wildman–Crippen LogP) is -0.223. The highest BCUT2D eigenvalue weighted by Crippen LogP contribution is 2.04. The quantitative estimate of drug-likeness (QED) is 0.568. The summed E-state index contributed by atoms with van der Waals surface area (Å²) in [6.07, 6.45) is 0.751. The maximum Gasteiger partial charge on any atom is 0.0720 e. The van der Waals surface area contributed by atoms with Gasteiger partial charge in [-0.05, 0) is 0 Å². The van der Waals surface area contributed by atoms with Crippen LogP contribution in [0.2, 0.25) is 0 Å². The molecule has 3 nitrogen and oxygen atoms in total. The number of aliphatic hydroxyl groups excluding tert-OH is 1. The van der Waals surface area contributed by atoms with Crippen LogP contribution in [0.15, 0.2) is 0 Å². The average molecular weight is 168 g/mol. The molecule has 62 valence electrons. The van der Waals surface area contributed by atoms with E-state index in [-0.39, 0.29) is 24.6 Å². The van der Waals surface area contributed by atoms with Gasteiger partial charge in [-0.1, -0.05) is 0 Å². The van der Waals surface area contributed by atoms with E-state index < -0.39 is 0 Å². The third kappa shape index (κ3) is 2.84. The van der Waals surface area contributed by atoms with Crippen LogP contribution < -0.4 is 5.32 Å². The van der Waals surface area contributed by atoms with Crippen LogP contribution in [-0.2, 0) is 4.74 Å². The number of β-amino-alcohol motifs (C(OH)–C–C–N with tert-alkyl or cyclic N) is 1. The van der Waals surface area contributed by atoms with Gasteiger partial charge in [-0.3, -0.25) is 0 Å². The van der Waals surface area contributed by atoms with Crippen molar-refractivity contribution in [2.75, 3.05) is 20.2 Å². The Bertz CT molecular complexity index is 91.8. The maximum absolute atomic E-state index is 9.07. The Morgan fingerprint density at radius 1 is 1.50 bits per heavy atom. The van der Waals surface area contributed by atoms with Crippen molar-refractivity contribution in [2.24, 2.45) is 0 Å². The molecule has 1 fully saturated rings. The molecule has 0 amide bonds. The van der Waals surface area contributed by atoms with Crippen molar-refractivity contribution in [1.82, 2.24) is 5.32 Å². The molecule has 0 bridgehead atoms. The number of rotatable bonds is 1. The SMILES string of the molecule is CO[C@H]1CNC[C@H](O)C1.Cl. The molecule has 0 aromatic rings. The van der Waals surface area contributed by atoms with Crippen molar-refractivity contribution in [3.05, 3.63) is 0 Å². The fraction of sp³-hybridized carbons (Fsp3) is 1.00. The average Bonchev–Trinajstić information content (AvgIpc) is 1.88. The van der Waals surface area contributed by atoms with Crippen LogP contribution >= 0.6 is 12.4 Å². The van der Waals surface area contributed by atoms with E-state index in [2.05, 4.69) is 5.32 Å². The van der Waals surface area contributed by atoms with E-state index >= 15 is 0 Å². The van der Waals surface area contributed by atoms with E-state index in [1.807, 2.05) is 0 Å². The van der Waals surface area contributed by atoms with Crippen LogP contribution in [0.25, 0.3) is 0 Å². The second kappa shape index (κ2) is 4.91. The molecular weight excluding hydrogens is 154 g/mol. The normalized spacial score (nSPS) is 33.0. The zero-order chi connectivity index (χ0) is 6.69. The van der Waals surface area contributed by atoms with Gasteiger partial charge in [0.1, 0.15) is 0 Å². The molecule has 0 unspecified atom stereocenters. The van der Waals surface area contributed by atoms with Crippen molar-refractivity contribution >= 4 is 12.4 Å². The van der Waals surface area contributed by atoms with Gasteiger partial charge in [0, 0.05) is 26.6 Å². The summed E-state index contributed by atoms with van der Waals surface area (Å²) in [7, 11) is 1.67. The molecule has 2 N–H and O–H groups in total. The van der Waals surface area contributed by atoms with Crippen LogP contribution in [0.1, 0.15) is 6.42 Å². The molecule has 0 spiro atoms. The monoisotopic (exact) mass is 167 g/mol. The van der Waals surface area contributed by atoms with E-state index in [0.29, 0.717) is 6.54 Å². The molecule has 1 saturated heterocycles. The van der Waals surface area contributed by atoms with Crippen LogP contribution in [0.3, 0.4) is 0 Å². The van der Waals surface area contributed by atoms with E-state index in [4.69, 9.17) is 9.84 Å². The molecule has 1 aliphatic rings. The number of ether oxygens (including phenoxy) is 1. The molecule has 1 rings (SSSR count). The minimum atomic E-state index is -0.219. The molecule has 1 aliphatic heterocycles. The largest absolute Gasteiger partial charge is 0.392 e. The molecule has 0 aromatic carbocycles. The molecule has 4 heteroatoms. The zero-order valence-electron chi connectivity index (χ0n) is 6.04. The summed E-state index contributed by atoms with van der Waals surface area (Å²) in [5.41, 5.74) is 0. The van der Waals surface area contributed by atoms with E-state index in [0.717, 1.165) is 13.0 Å². The fourth-order valence-electron chi connectivity index (χ4n) is 1.06. The van der Waals surface area contributed by atoms with Crippen molar-refractivity contribution in [3.63, 3.8) is 0 Å². The summed E-state index contributed by atoms with van der Waals surface area (Å²) in [6, 6.07) is 0. The first kappa shape index (κ1) is 10.2. The fourth-order valence-corrected chi connectivity index (χ4v) is 1.06. The minimum absolute atomic E-state index is 0. The third-order valence-electron chi connectivity index (χ3n) is 1.62. The minimum Gasteiger partial charge on any atom is -0.392 e.